The molecule has 0 N–H and O–H groups in total. The van der Waals surface area contributed by atoms with E-state index >= 15 is 0 Å². The summed E-state index contributed by atoms with van der Waals surface area (Å²) in [4.78, 5) is 20.8. The van der Waals surface area contributed by atoms with Crippen molar-refractivity contribution in [3.63, 3.8) is 0 Å². The van der Waals surface area contributed by atoms with E-state index in [4.69, 9.17) is 14.5 Å². The maximum absolute atomic E-state index is 12.0. The fourth-order valence-corrected chi connectivity index (χ4v) is 3.98. The van der Waals surface area contributed by atoms with Crippen molar-refractivity contribution in [1.82, 2.24) is 9.55 Å². The highest BCUT2D eigenvalue weighted by atomic mass is 16.6. The number of fused-ring (bicyclic) bond motifs is 3. The van der Waals surface area contributed by atoms with E-state index in [1.807, 2.05) is 13.1 Å². The Balaban J connectivity index is 1.54. The zero-order valence-electron chi connectivity index (χ0n) is 14.9. The lowest BCUT2D eigenvalue weighted by atomic mass is 10.1. The summed E-state index contributed by atoms with van der Waals surface area (Å²) in [6.07, 6.45) is 4.09. The number of carbonyl (C=O) groups is 1. The van der Waals surface area contributed by atoms with E-state index < -0.39 is 0 Å². The first-order valence-electron chi connectivity index (χ1n) is 9.26. The minimum Gasteiger partial charge on any atom is -0.491 e. The average molecular weight is 354 g/mol. The fraction of sp³-hybridized carbons (Fsp3) is 0.474. The topological polar surface area (TPSA) is 59.8 Å². The summed E-state index contributed by atoms with van der Waals surface area (Å²) in [7, 11) is 0. The molecule has 0 aliphatic carbocycles. The molecule has 1 aromatic heterocycles. The average Bonchev–Trinajstić information content (AvgIpc) is 3.35. The van der Waals surface area contributed by atoms with Crippen LogP contribution in [-0.4, -0.2) is 48.0 Å². The molecule has 1 aromatic carbocycles. The molecule has 2 saturated heterocycles. The SMILES string of the molecule is C[C@@H]1COC(=O)N1c1cn2c(n1)-c1ccc(N3CCCC3)cc1OCC2. The minimum absolute atomic E-state index is 0.00472. The van der Waals surface area contributed by atoms with Crippen LogP contribution in [0.25, 0.3) is 11.4 Å². The molecule has 3 aliphatic rings. The standard InChI is InChI=1S/C19H22N4O3/c1-13-12-26-19(24)23(13)17-11-22-8-9-25-16-10-14(21-6-2-3-7-21)4-5-15(16)18(22)20-17/h4-5,10-11,13H,2-3,6-9,12H2,1H3/t13-/m1/s1. The van der Waals surface area contributed by atoms with E-state index in [1.54, 1.807) is 4.90 Å². The number of nitrogens with zero attached hydrogens (tertiary/aromatic N) is 4. The number of anilines is 2. The van der Waals surface area contributed by atoms with Gasteiger partial charge in [0.1, 0.15) is 24.8 Å². The van der Waals surface area contributed by atoms with Crippen molar-refractivity contribution in [2.75, 3.05) is 36.1 Å². The maximum atomic E-state index is 12.0. The Labute approximate surface area is 152 Å². The van der Waals surface area contributed by atoms with Crippen LogP contribution in [0.2, 0.25) is 0 Å². The molecule has 1 amide bonds. The Morgan fingerprint density at radius 3 is 2.77 bits per heavy atom. The normalized spacial score (nSPS) is 21.9. The second kappa shape index (κ2) is 5.93. The molecule has 0 unspecified atom stereocenters. The van der Waals surface area contributed by atoms with E-state index in [9.17, 15) is 4.79 Å². The largest absolute Gasteiger partial charge is 0.491 e. The lowest BCUT2D eigenvalue weighted by molar-refractivity contribution is 0.179. The highest BCUT2D eigenvalue weighted by Crippen LogP contribution is 2.37. The number of benzene rings is 1. The number of amides is 1. The third kappa shape index (κ3) is 2.41. The first-order valence-corrected chi connectivity index (χ1v) is 9.26. The molecule has 4 heterocycles. The Hall–Kier alpha value is -2.70. The molecule has 2 fully saturated rings. The second-order valence-corrected chi connectivity index (χ2v) is 7.14. The summed E-state index contributed by atoms with van der Waals surface area (Å²) in [5.41, 5.74) is 2.18. The molecule has 0 saturated carbocycles. The maximum Gasteiger partial charge on any atom is 0.415 e. The van der Waals surface area contributed by atoms with Crippen molar-refractivity contribution in [1.29, 1.82) is 0 Å². The first-order chi connectivity index (χ1) is 12.7. The van der Waals surface area contributed by atoms with Crippen LogP contribution in [0.15, 0.2) is 24.4 Å². The summed E-state index contributed by atoms with van der Waals surface area (Å²) < 4.78 is 13.2. The number of ether oxygens (including phenoxy) is 2. The van der Waals surface area contributed by atoms with E-state index in [0.717, 1.165) is 30.2 Å². The van der Waals surface area contributed by atoms with Gasteiger partial charge in [-0.2, -0.15) is 0 Å². The molecule has 136 valence electrons. The number of cyclic esters (lactones) is 1. The van der Waals surface area contributed by atoms with E-state index in [2.05, 4.69) is 27.7 Å². The van der Waals surface area contributed by atoms with Gasteiger partial charge in [-0.15, -0.1) is 0 Å². The predicted octanol–water partition coefficient (Wildman–Crippen LogP) is 2.89. The number of aromatic nitrogens is 2. The third-order valence-corrected chi connectivity index (χ3v) is 5.36. The van der Waals surface area contributed by atoms with E-state index in [1.165, 1.54) is 18.5 Å². The number of carbonyl (C=O) groups excluding carboxylic acids is 1. The lowest BCUT2D eigenvalue weighted by Crippen LogP contribution is -2.31. The van der Waals surface area contributed by atoms with E-state index in [-0.39, 0.29) is 12.1 Å². The molecule has 0 radical (unpaired) electrons. The smallest absolute Gasteiger partial charge is 0.415 e. The van der Waals surface area contributed by atoms with Gasteiger partial charge in [0.2, 0.25) is 0 Å². The van der Waals surface area contributed by atoms with Gasteiger partial charge >= 0.3 is 6.09 Å². The molecule has 5 rings (SSSR count). The Bertz CT molecular complexity index is 856. The van der Waals surface area contributed by atoms with Gasteiger partial charge in [-0.1, -0.05) is 0 Å². The van der Waals surface area contributed by atoms with Crippen molar-refractivity contribution in [2.24, 2.45) is 0 Å². The van der Waals surface area contributed by atoms with Gasteiger partial charge in [0, 0.05) is 31.0 Å². The van der Waals surface area contributed by atoms with Gasteiger partial charge in [-0.05, 0) is 31.9 Å². The quantitative estimate of drug-likeness (QED) is 0.830. The number of hydrogen-bond acceptors (Lipinski definition) is 5. The molecule has 2 aromatic rings. The molecule has 1 atom stereocenters. The van der Waals surface area contributed by atoms with Gasteiger partial charge in [0.05, 0.1) is 18.2 Å². The second-order valence-electron chi connectivity index (χ2n) is 7.14. The van der Waals surface area contributed by atoms with Crippen LogP contribution >= 0.6 is 0 Å². The number of imidazole rings is 1. The number of rotatable bonds is 2. The number of hydrogen-bond donors (Lipinski definition) is 0. The zero-order valence-corrected chi connectivity index (χ0v) is 14.9. The Kier molecular flexibility index (Phi) is 3.55. The van der Waals surface area contributed by atoms with Crippen molar-refractivity contribution in [3.8, 4) is 17.1 Å². The van der Waals surface area contributed by atoms with Crippen LogP contribution in [0, 0.1) is 0 Å². The van der Waals surface area contributed by atoms with Crippen molar-refractivity contribution in [3.05, 3.63) is 24.4 Å². The van der Waals surface area contributed by atoms with Gasteiger partial charge in [-0.3, -0.25) is 4.90 Å². The van der Waals surface area contributed by atoms with Gasteiger partial charge in [0.15, 0.2) is 5.82 Å². The molecule has 0 bridgehead atoms. The van der Waals surface area contributed by atoms with Crippen molar-refractivity contribution in [2.45, 2.75) is 32.4 Å². The summed E-state index contributed by atoms with van der Waals surface area (Å²) in [6, 6.07) is 6.35. The molecule has 0 spiro atoms. The Morgan fingerprint density at radius 1 is 1.15 bits per heavy atom. The van der Waals surface area contributed by atoms with Crippen LogP contribution in [0.4, 0.5) is 16.3 Å². The molecular weight excluding hydrogens is 332 g/mol. The fourth-order valence-electron chi connectivity index (χ4n) is 3.98. The summed E-state index contributed by atoms with van der Waals surface area (Å²) in [5, 5.41) is 0. The van der Waals surface area contributed by atoms with Gasteiger partial charge in [-0.25, -0.2) is 9.78 Å². The molecule has 7 nitrogen and oxygen atoms in total. The van der Waals surface area contributed by atoms with Crippen LogP contribution in [0.5, 0.6) is 5.75 Å². The van der Waals surface area contributed by atoms with Crippen LogP contribution in [0.3, 0.4) is 0 Å². The summed E-state index contributed by atoms with van der Waals surface area (Å²) >= 11 is 0. The molecular formula is C19H22N4O3. The van der Waals surface area contributed by atoms with Crippen molar-refractivity contribution >= 4 is 17.6 Å². The summed E-state index contributed by atoms with van der Waals surface area (Å²) in [6.45, 7) is 5.86. The lowest BCUT2D eigenvalue weighted by Gasteiger charge is -2.19. The van der Waals surface area contributed by atoms with E-state index in [0.29, 0.717) is 25.6 Å². The molecule has 3 aliphatic heterocycles. The minimum atomic E-state index is -0.327. The van der Waals surface area contributed by atoms with Gasteiger partial charge < -0.3 is 18.9 Å². The zero-order chi connectivity index (χ0) is 17.7. The molecule has 26 heavy (non-hydrogen) atoms. The van der Waals surface area contributed by atoms with Crippen LogP contribution in [0.1, 0.15) is 19.8 Å². The van der Waals surface area contributed by atoms with Crippen molar-refractivity contribution < 1.29 is 14.3 Å². The van der Waals surface area contributed by atoms with Crippen LogP contribution < -0.4 is 14.5 Å². The highest BCUT2D eigenvalue weighted by Gasteiger charge is 2.34. The van der Waals surface area contributed by atoms with Gasteiger partial charge in [0.25, 0.3) is 0 Å². The predicted molar refractivity (Wildman–Crippen MR) is 97.9 cm³/mol. The monoisotopic (exact) mass is 354 g/mol. The third-order valence-electron chi connectivity index (χ3n) is 5.36. The first kappa shape index (κ1) is 15.5. The molecule has 7 heteroatoms. The van der Waals surface area contributed by atoms with Crippen LogP contribution in [-0.2, 0) is 11.3 Å². The highest BCUT2D eigenvalue weighted by molar-refractivity contribution is 5.89. The summed E-state index contributed by atoms with van der Waals surface area (Å²) in [5.74, 6) is 2.35. The Morgan fingerprint density at radius 2 is 2.00 bits per heavy atom.